The minimum absolute atomic E-state index is 0.0741. The van der Waals surface area contributed by atoms with Gasteiger partial charge in [-0.2, -0.15) is 0 Å². The second-order valence-electron chi connectivity index (χ2n) is 7.87. The van der Waals surface area contributed by atoms with Gasteiger partial charge in [-0.3, -0.25) is 14.6 Å². The number of nitrogens with one attached hydrogen (secondary N) is 1. The predicted molar refractivity (Wildman–Crippen MR) is 135 cm³/mol. The molecule has 1 aromatic heterocycles. The number of halogens is 1. The summed E-state index contributed by atoms with van der Waals surface area (Å²) < 4.78 is 0. The Bertz CT molecular complexity index is 1230. The number of rotatable bonds is 8. The van der Waals surface area contributed by atoms with Crippen LogP contribution in [-0.4, -0.2) is 16.8 Å². The number of hydrogen-bond donors (Lipinski definition) is 1. The molecule has 3 aromatic carbocycles. The first kappa shape index (κ1) is 23.2. The average Bonchev–Trinajstić information content (AvgIpc) is 2.88. The Kier molecular flexibility index (Phi) is 7.68. The number of amides is 2. The number of benzene rings is 3. The van der Waals surface area contributed by atoms with Crippen LogP contribution < -0.4 is 10.2 Å². The molecule has 4 aromatic rings. The fraction of sp³-hybridized carbons (Fsp3) is 0.107. The van der Waals surface area contributed by atoms with Crippen molar-refractivity contribution in [2.75, 3.05) is 4.90 Å². The first-order chi connectivity index (χ1) is 16.6. The summed E-state index contributed by atoms with van der Waals surface area (Å²) in [5.74, 6) is -0.197. The lowest BCUT2D eigenvalue weighted by Crippen LogP contribution is -2.30. The van der Waals surface area contributed by atoms with Crippen LogP contribution in [0, 0.1) is 0 Å². The van der Waals surface area contributed by atoms with E-state index in [-0.39, 0.29) is 18.2 Å². The summed E-state index contributed by atoms with van der Waals surface area (Å²) in [6.45, 7) is 0.860. The highest BCUT2D eigenvalue weighted by atomic mass is 35.5. The minimum atomic E-state index is -0.123. The smallest absolute Gasteiger partial charge is 0.258 e. The molecule has 4 rings (SSSR count). The third kappa shape index (κ3) is 6.30. The summed E-state index contributed by atoms with van der Waals surface area (Å²) in [5.41, 5.74) is 4.14. The lowest BCUT2D eigenvalue weighted by molar-refractivity contribution is -0.120. The molecule has 0 radical (unpaired) electrons. The van der Waals surface area contributed by atoms with Crippen LogP contribution in [0.4, 0.5) is 5.69 Å². The number of hydrogen-bond acceptors (Lipinski definition) is 3. The molecule has 170 valence electrons. The van der Waals surface area contributed by atoms with Gasteiger partial charge in [-0.1, -0.05) is 60.1 Å². The average molecular weight is 470 g/mol. The SMILES string of the molecule is O=C(Cc1ccc(N(Cc2ccccc2)C(=O)c2ccc(Cl)cc2)cc1)NCc1cccnc1. The van der Waals surface area contributed by atoms with E-state index in [0.29, 0.717) is 23.7 Å². The van der Waals surface area contributed by atoms with Crippen molar-refractivity contribution in [3.8, 4) is 0 Å². The van der Waals surface area contributed by atoms with Gasteiger partial charge in [-0.05, 0) is 59.2 Å². The standard InChI is InChI=1S/C28H24ClN3O2/c29-25-12-10-24(11-13-25)28(34)32(20-22-5-2-1-3-6-22)26-14-8-21(9-15-26)17-27(33)31-19-23-7-4-16-30-18-23/h1-16,18H,17,19-20H2,(H,31,33). The van der Waals surface area contributed by atoms with Crippen LogP contribution in [0.3, 0.4) is 0 Å². The Morgan fingerprint density at radius 1 is 0.794 bits per heavy atom. The third-order valence-electron chi connectivity index (χ3n) is 5.35. The van der Waals surface area contributed by atoms with Crippen LogP contribution >= 0.6 is 11.6 Å². The first-order valence-electron chi connectivity index (χ1n) is 10.9. The van der Waals surface area contributed by atoms with Gasteiger partial charge in [0.2, 0.25) is 5.91 Å². The summed E-state index contributed by atoms with van der Waals surface area (Å²) in [4.78, 5) is 31.5. The van der Waals surface area contributed by atoms with E-state index < -0.39 is 0 Å². The summed E-state index contributed by atoms with van der Waals surface area (Å²) in [7, 11) is 0. The van der Waals surface area contributed by atoms with E-state index in [2.05, 4.69) is 10.3 Å². The molecule has 0 spiro atoms. The zero-order valence-electron chi connectivity index (χ0n) is 18.5. The maximum atomic E-state index is 13.4. The van der Waals surface area contributed by atoms with E-state index in [1.165, 1.54) is 0 Å². The Hall–Kier alpha value is -3.96. The Morgan fingerprint density at radius 3 is 2.18 bits per heavy atom. The molecule has 0 unspecified atom stereocenters. The number of anilines is 1. The number of pyridine rings is 1. The van der Waals surface area contributed by atoms with Crippen molar-refractivity contribution in [1.29, 1.82) is 0 Å². The monoisotopic (exact) mass is 469 g/mol. The Balaban J connectivity index is 1.48. The lowest BCUT2D eigenvalue weighted by atomic mass is 10.1. The predicted octanol–water partition coefficient (Wildman–Crippen LogP) is 5.44. The van der Waals surface area contributed by atoms with Crippen LogP contribution in [-0.2, 0) is 24.3 Å². The fourth-order valence-corrected chi connectivity index (χ4v) is 3.67. The van der Waals surface area contributed by atoms with Gasteiger partial charge in [-0.15, -0.1) is 0 Å². The van der Waals surface area contributed by atoms with Crippen molar-refractivity contribution < 1.29 is 9.59 Å². The molecular weight excluding hydrogens is 446 g/mol. The van der Waals surface area contributed by atoms with Crippen molar-refractivity contribution in [1.82, 2.24) is 10.3 Å². The summed E-state index contributed by atoms with van der Waals surface area (Å²) in [6, 6.07) is 28.0. The van der Waals surface area contributed by atoms with Gasteiger partial charge in [0.1, 0.15) is 0 Å². The van der Waals surface area contributed by atoms with E-state index in [1.54, 1.807) is 41.6 Å². The van der Waals surface area contributed by atoms with Gasteiger partial charge in [0.15, 0.2) is 0 Å². The topological polar surface area (TPSA) is 62.3 Å². The molecule has 5 nitrogen and oxygen atoms in total. The van der Waals surface area contributed by atoms with Crippen LogP contribution in [0.1, 0.15) is 27.0 Å². The zero-order valence-corrected chi connectivity index (χ0v) is 19.3. The van der Waals surface area contributed by atoms with Crippen molar-refractivity contribution in [2.24, 2.45) is 0 Å². The molecule has 0 atom stereocenters. The minimum Gasteiger partial charge on any atom is -0.352 e. The number of aromatic nitrogens is 1. The molecule has 0 bridgehead atoms. The molecule has 0 saturated heterocycles. The van der Waals surface area contributed by atoms with Gasteiger partial charge < -0.3 is 10.2 Å². The van der Waals surface area contributed by atoms with Crippen molar-refractivity contribution in [3.05, 3.63) is 131 Å². The van der Waals surface area contributed by atoms with Crippen LogP contribution in [0.2, 0.25) is 5.02 Å². The summed E-state index contributed by atoms with van der Waals surface area (Å²) in [6.07, 6.45) is 3.68. The normalized spacial score (nSPS) is 10.5. The molecule has 0 aliphatic heterocycles. The third-order valence-corrected chi connectivity index (χ3v) is 5.60. The van der Waals surface area contributed by atoms with E-state index >= 15 is 0 Å². The van der Waals surface area contributed by atoms with Gasteiger partial charge in [0.05, 0.1) is 13.0 Å². The van der Waals surface area contributed by atoms with Crippen LogP contribution in [0.15, 0.2) is 103 Å². The number of nitrogens with zero attached hydrogens (tertiary/aromatic N) is 2. The molecule has 0 aliphatic rings. The van der Waals surface area contributed by atoms with E-state index in [1.807, 2.05) is 66.7 Å². The maximum absolute atomic E-state index is 13.4. The Morgan fingerprint density at radius 2 is 1.50 bits per heavy atom. The van der Waals surface area contributed by atoms with Gasteiger partial charge in [0.25, 0.3) is 5.91 Å². The second-order valence-corrected chi connectivity index (χ2v) is 8.30. The van der Waals surface area contributed by atoms with Crippen molar-refractivity contribution in [2.45, 2.75) is 19.5 Å². The molecule has 0 fully saturated rings. The largest absolute Gasteiger partial charge is 0.352 e. The highest BCUT2D eigenvalue weighted by molar-refractivity contribution is 6.30. The summed E-state index contributed by atoms with van der Waals surface area (Å²) >= 11 is 6.00. The Labute approximate surface area is 204 Å². The zero-order chi connectivity index (χ0) is 23.8. The first-order valence-corrected chi connectivity index (χ1v) is 11.3. The second kappa shape index (κ2) is 11.3. The van der Waals surface area contributed by atoms with Crippen molar-refractivity contribution in [3.63, 3.8) is 0 Å². The highest BCUT2D eigenvalue weighted by Gasteiger charge is 2.18. The quantitative estimate of drug-likeness (QED) is 0.373. The fourth-order valence-electron chi connectivity index (χ4n) is 3.54. The van der Waals surface area contributed by atoms with Crippen LogP contribution in [0.5, 0.6) is 0 Å². The van der Waals surface area contributed by atoms with Gasteiger partial charge in [-0.25, -0.2) is 0 Å². The van der Waals surface area contributed by atoms with E-state index in [0.717, 1.165) is 22.4 Å². The molecule has 6 heteroatoms. The lowest BCUT2D eigenvalue weighted by Gasteiger charge is -2.23. The van der Waals surface area contributed by atoms with Crippen molar-refractivity contribution >= 4 is 29.1 Å². The number of carbonyl (C=O) groups is 2. The van der Waals surface area contributed by atoms with E-state index in [4.69, 9.17) is 11.6 Å². The highest BCUT2D eigenvalue weighted by Crippen LogP contribution is 2.22. The van der Waals surface area contributed by atoms with Gasteiger partial charge in [0, 0.05) is 35.2 Å². The van der Waals surface area contributed by atoms with Gasteiger partial charge >= 0.3 is 0 Å². The molecule has 34 heavy (non-hydrogen) atoms. The summed E-state index contributed by atoms with van der Waals surface area (Å²) in [5, 5.41) is 3.49. The molecule has 1 heterocycles. The van der Waals surface area contributed by atoms with E-state index in [9.17, 15) is 9.59 Å². The molecular formula is C28H24ClN3O2. The van der Waals surface area contributed by atoms with Crippen LogP contribution in [0.25, 0.3) is 0 Å². The molecule has 0 aliphatic carbocycles. The number of carbonyl (C=O) groups excluding carboxylic acids is 2. The molecule has 2 amide bonds. The molecule has 1 N–H and O–H groups in total. The maximum Gasteiger partial charge on any atom is 0.258 e. The molecule has 0 saturated carbocycles.